The lowest BCUT2D eigenvalue weighted by molar-refractivity contribution is -0.138. The van der Waals surface area contributed by atoms with E-state index in [-0.39, 0.29) is 6.04 Å². The van der Waals surface area contributed by atoms with Crippen molar-refractivity contribution in [1.29, 1.82) is 0 Å². The van der Waals surface area contributed by atoms with Gasteiger partial charge in [-0.25, -0.2) is 0 Å². The number of thioether (sulfide) groups is 1. The fraction of sp³-hybridized carbons (Fsp3) is 0.889. The molecule has 2 atom stereocenters. The van der Waals surface area contributed by atoms with Gasteiger partial charge in [0.2, 0.25) is 0 Å². The first-order chi connectivity index (χ1) is 6.27. The summed E-state index contributed by atoms with van der Waals surface area (Å²) >= 11 is 1.78. The van der Waals surface area contributed by atoms with Gasteiger partial charge in [-0.15, -0.1) is 11.8 Å². The molecule has 4 heteroatoms. The lowest BCUT2D eigenvalue weighted by atomic mass is 10.1. The zero-order valence-electron chi connectivity index (χ0n) is 7.53. The van der Waals surface area contributed by atoms with Gasteiger partial charge in [0.05, 0.1) is 5.37 Å². The highest BCUT2D eigenvalue weighted by atomic mass is 32.2. The number of aliphatic carboxylic acids is 1. The van der Waals surface area contributed by atoms with Crippen LogP contribution in [0.25, 0.3) is 0 Å². The SMILES string of the molecule is O=C(O)[C@@H]1CSC(C2CCCC2)N1. The van der Waals surface area contributed by atoms with Crippen molar-refractivity contribution in [2.45, 2.75) is 37.1 Å². The fourth-order valence-electron chi connectivity index (χ4n) is 2.17. The van der Waals surface area contributed by atoms with Gasteiger partial charge in [0.25, 0.3) is 0 Å². The molecule has 0 aromatic heterocycles. The molecule has 0 bridgehead atoms. The molecule has 74 valence electrons. The molecule has 1 saturated carbocycles. The minimum atomic E-state index is -0.701. The van der Waals surface area contributed by atoms with Crippen LogP contribution in [0.5, 0.6) is 0 Å². The Hall–Kier alpha value is -0.220. The smallest absolute Gasteiger partial charge is 0.321 e. The highest BCUT2D eigenvalue weighted by Gasteiger charge is 2.35. The predicted molar refractivity (Wildman–Crippen MR) is 52.8 cm³/mol. The average Bonchev–Trinajstić information content (AvgIpc) is 2.75. The molecule has 2 N–H and O–H groups in total. The summed E-state index contributed by atoms with van der Waals surface area (Å²) in [5.74, 6) is 0.749. The molecule has 3 nitrogen and oxygen atoms in total. The van der Waals surface area contributed by atoms with Crippen molar-refractivity contribution in [2.24, 2.45) is 5.92 Å². The molecule has 0 spiro atoms. The predicted octanol–water partition coefficient (Wildman–Crippen LogP) is 1.29. The number of nitrogens with one attached hydrogen (secondary N) is 1. The molecule has 1 aliphatic heterocycles. The van der Waals surface area contributed by atoms with Crippen molar-refractivity contribution in [3.63, 3.8) is 0 Å². The van der Waals surface area contributed by atoms with Gasteiger partial charge in [0.15, 0.2) is 0 Å². The van der Waals surface area contributed by atoms with Crippen LogP contribution in [0, 0.1) is 5.92 Å². The zero-order valence-corrected chi connectivity index (χ0v) is 8.35. The van der Waals surface area contributed by atoms with Crippen molar-refractivity contribution in [3.05, 3.63) is 0 Å². The minimum Gasteiger partial charge on any atom is -0.480 e. The normalized spacial score (nSPS) is 35.4. The van der Waals surface area contributed by atoms with E-state index in [1.165, 1.54) is 25.7 Å². The van der Waals surface area contributed by atoms with Crippen LogP contribution >= 0.6 is 11.8 Å². The summed E-state index contributed by atoms with van der Waals surface area (Å²) in [5.41, 5.74) is 0. The van der Waals surface area contributed by atoms with Gasteiger partial charge >= 0.3 is 5.97 Å². The Morgan fingerprint density at radius 3 is 2.62 bits per heavy atom. The first-order valence-electron chi connectivity index (χ1n) is 4.88. The summed E-state index contributed by atoms with van der Waals surface area (Å²) in [5, 5.41) is 12.4. The Bertz CT molecular complexity index is 204. The van der Waals surface area contributed by atoms with Crippen molar-refractivity contribution in [2.75, 3.05) is 5.75 Å². The summed E-state index contributed by atoms with van der Waals surface area (Å²) in [6.07, 6.45) is 5.19. The van der Waals surface area contributed by atoms with E-state index in [0.29, 0.717) is 11.3 Å². The number of carbonyl (C=O) groups is 1. The highest BCUT2D eigenvalue weighted by Crippen LogP contribution is 2.35. The molecule has 1 heterocycles. The zero-order chi connectivity index (χ0) is 9.26. The van der Waals surface area contributed by atoms with Crippen molar-refractivity contribution in [1.82, 2.24) is 5.32 Å². The number of carboxylic acid groups (broad SMARTS) is 1. The van der Waals surface area contributed by atoms with Gasteiger partial charge in [-0.3, -0.25) is 10.1 Å². The van der Waals surface area contributed by atoms with Crippen LogP contribution in [0.3, 0.4) is 0 Å². The van der Waals surface area contributed by atoms with E-state index < -0.39 is 5.97 Å². The van der Waals surface area contributed by atoms with E-state index in [4.69, 9.17) is 5.11 Å². The van der Waals surface area contributed by atoms with Gasteiger partial charge in [0, 0.05) is 5.75 Å². The molecule has 0 aromatic rings. The van der Waals surface area contributed by atoms with Crippen LogP contribution in [0.15, 0.2) is 0 Å². The van der Waals surface area contributed by atoms with E-state index in [0.717, 1.165) is 5.75 Å². The quantitative estimate of drug-likeness (QED) is 0.707. The first-order valence-corrected chi connectivity index (χ1v) is 5.92. The second-order valence-corrected chi connectivity index (χ2v) is 5.03. The summed E-state index contributed by atoms with van der Waals surface area (Å²) < 4.78 is 0. The van der Waals surface area contributed by atoms with Gasteiger partial charge < -0.3 is 5.11 Å². The fourth-order valence-corrected chi connectivity index (χ4v) is 3.61. The van der Waals surface area contributed by atoms with Crippen molar-refractivity contribution >= 4 is 17.7 Å². The third-order valence-corrected chi connectivity index (χ3v) is 4.34. The lowest BCUT2D eigenvalue weighted by Crippen LogP contribution is -2.38. The molecule has 2 aliphatic rings. The Labute approximate surface area is 82.3 Å². The monoisotopic (exact) mass is 201 g/mol. The molecule has 1 aliphatic carbocycles. The molecule has 2 fully saturated rings. The van der Waals surface area contributed by atoms with Crippen LogP contribution < -0.4 is 5.32 Å². The first kappa shape index (κ1) is 9.34. The third kappa shape index (κ3) is 1.99. The van der Waals surface area contributed by atoms with E-state index in [1.54, 1.807) is 11.8 Å². The van der Waals surface area contributed by atoms with E-state index in [2.05, 4.69) is 5.32 Å². The molecule has 0 amide bonds. The molecule has 13 heavy (non-hydrogen) atoms. The average molecular weight is 201 g/mol. The number of hydrogen-bond acceptors (Lipinski definition) is 3. The van der Waals surface area contributed by atoms with E-state index >= 15 is 0 Å². The Morgan fingerprint density at radius 1 is 1.38 bits per heavy atom. The van der Waals surface area contributed by atoms with Gasteiger partial charge in [-0.1, -0.05) is 12.8 Å². The Kier molecular flexibility index (Phi) is 2.79. The topological polar surface area (TPSA) is 49.3 Å². The van der Waals surface area contributed by atoms with E-state index in [1.807, 2.05) is 0 Å². The lowest BCUT2D eigenvalue weighted by Gasteiger charge is -2.17. The minimum absolute atomic E-state index is 0.310. The number of hydrogen-bond donors (Lipinski definition) is 2. The maximum Gasteiger partial charge on any atom is 0.321 e. The van der Waals surface area contributed by atoms with Crippen LogP contribution in [0.1, 0.15) is 25.7 Å². The Morgan fingerprint density at radius 2 is 2.08 bits per heavy atom. The van der Waals surface area contributed by atoms with Gasteiger partial charge in [0.1, 0.15) is 6.04 Å². The standard InChI is InChI=1S/C9H15NO2S/c11-9(12)7-5-13-8(10-7)6-3-1-2-4-6/h6-8,10H,1-5H2,(H,11,12)/t7-,8?/m0/s1. The highest BCUT2D eigenvalue weighted by molar-refractivity contribution is 8.00. The van der Waals surface area contributed by atoms with Crippen LogP contribution in [0.2, 0.25) is 0 Å². The van der Waals surface area contributed by atoms with Crippen LogP contribution in [-0.4, -0.2) is 28.2 Å². The van der Waals surface area contributed by atoms with Crippen molar-refractivity contribution in [3.8, 4) is 0 Å². The van der Waals surface area contributed by atoms with Gasteiger partial charge in [-0.05, 0) is 18.8 Å². The van der Waals surface area contributed by atoms with Crippen LogP contribution in [0.4, 0.5) is 0 Å². The number of carboxylic acids is 1. The van der Waals surface area contributed by atoms with Crippen molar-refractivity contribution < 1.29 is 9.90 Å². The second-order valence-electron chi connectivity index (χ2n) is 3.86. The number of rotatable bonds is 2. The molecule has 0 aromatic carbocycles. The summed E-state index contributed by atoms with van der Waals surface area (Å²) in [7, 11) is 0. The Balaban J connectivity index is 1.86. The largest absolute Gasteiger partial charge is 0.480 e. The molecule has 2 rings (SSSR count). The summed E-state index contributed by atoms with van der Waals surface area (Å²) in [6, 6.07) is -0.310. The molecule has 1 unspecified atom stereocenters. The van der Waals surface area contributed by atoms with Crippen LogP contribution in [-0.2, 0) is 4.79 Å². The molecular formula is C9H15NO2S. The maximum absolute atomic E-state index is 10.7. The molecule has 1 saturated heterocycles. The van der Waals surface area contributed by atoms with E-state index in [9.17, 15) is 4.79 Å². The second kappa shape index (κ2) is 3.88. The summed E-state index contributed by atoms with van der Waals surface area (Å²) in [6.45, 7) is 0. The maximum atomic E-state index is 10.7. The molecular weight excluding hydrogens is 186 g/mol. The molecule has 0 radical (unpaired) electrons. The third-order valence-electron chi connectivity index (χ3n) is 2.93. The van der Waals surface area contributed by atoms with Gasteiger partial charge in [-0.2, -0.15) is 0 Å². The summed E-state index contributed by atoms with van der Waals surface area (Å²) in [4.78, 5) is 10.7.